The minimum atomic E-state index is -0.647. The zero-order valence-electron chi connectivity index (χ0n) is 22.2. The Balaban J connectivity index is 3.70. The minimum Gasteiger partial charge on any atom is -0.444 e. The second kappa shape index (κ2) is 24.7. The van der Waals surface area contributed by atoms with Crippen LogP contribution in [0.25, 0.3) is 0 Å². The molecule has 0 spiro atoms. The van der Waals surface area contributed by atoms with Crippen molar-refractivity contribution in [3.63, 3.8) is 0 Å². The molecule has 0 bridgehead atoms. The van der Waals surface area contributed by atoms with E-state index in [-0.39, 0.29) is 0 Å². The Morgan fingerprint density at radius 1 is 0.529 bits per heavy atom. The van der Waals surface area contributed by atoms with Crippen LogP contribution >= 0.6 is 0 Å². The van der Waals surface area contributed by atoms with Crippen LogP contribution in [0, 0.1) is 0 Å². The fourth-order valence-corrected chi connectivity index (χ4v) is 3.94. The van der Waals surface area contributed by atoms with Crippen LogP contribution < -0.4 is 11.5 Å². The van der Waals surface area contributed by atoms with E-state index in [2.05, 4.69) is 13.8 Å². The number of carbonyl (C=O) groups is 2. The van der Waals surface area contributed by atoms with Crippen molar-refractivity contribution in [3.05, 3.63) is 12.2 Å². The summed E-state index contributed by atoms with van der Waals surface area (Å²) < 4.78 is 10.2. The standard InChI is InChI=1S/C28H54N2O4/c1-3-5-7-9-11-13-15-17-19-21-25(29)33-27(31)23-24-28(32)34-26(30)22-20-18-16-14-12-10-8-6-4-2/h23-26H,3-22,29-30H2,1-2H3/b24-23-. The average molecular weight is 483 g/mol. The van der Waals surface area contributed by atoms with Crippen LogP contribution in [0.1, 0.15) is 142 Å². The van der Waals surface area contributed by atoms with Gasteiger partial charge in [0.2, 0.25) is 0 Å². The first-order valence-corrected chi connectivity index (χ1v) is 14.1. The highest BCUT2D eigenvalue weighted by Crippen LogP contribution is 2.12. The molecule has 0 aliphatic heterocycles. The molecule has 0 heterocycles. The summed E-state index contributed by atoms with van der Waals surface area (Å²) in [6.45, 7) is 4.46. The molecule has 6 nitrogen and oxygen atoms in total. The molecule has 200 valence electrons. The van der Waals surface area contributed by atoms with Crippen LogP contribution in [-0.2, 0) is 19.1 Å². The highest BCUT2D eigenvalue weighted by atomic mass is 16.6. The van der Waals surface area contributed by atoms with Crippen LogP contribution in [0.2, 0.25) is 0 Å². The first-order valence-electron chi connectivity index (χ1n) is 14.1. The molecule has 0 radical (unpaired) electrons. The Bertz CT molecular complexity index is 467. The topological polar surface area (TPSA) is 105 Å². The van der Waals surface area contributed by atoms with Crippen molar-refractivity contribution in [1.29, 1.82) is 0 Å². The molecule has 4 N–H and O–H groups in total. The van der Waals surface area contributed by atoms with Gasteiger partial charge in [-0.1, -0.05) is 117 Å². The Labute approximate surface area is 209 Å². The predicted molar refractivity (Wildman–Crippen MR) is 141 cm³/mol. The Morgan fingerprint density at radius 3 is 1.09 bits per heavy atom. The van der Waals surface area contributed by atoms with Gasteiger partial charge in [-0.05, 0) is 25.7 Å². The summed E-state index contributed by atoms with van der Waals surface area (Å²) in [6, 6.07) is 0. The van der Waals surface area contributed by atoms with E-state index in [0.29, 0.717) is 12.8 Å². The van der Waals surface area contributed by atoms with Crippen molar-refractivity contribution in [2.45, 2.75) is 155 Å². The molecule has 0 fully saturated rings. The maximum absolute atomic E-state index is 11.8. The number of rotatable bonds is 24. The van der Waals surface area contributed by atoms with Gasteiger partial charge in [0.25, 0.3) is 0 Å². The molecule has 0 rings (SSSR count). The summed E-state index contributed by atoms with van der Waals surface area (Å²) in [5.74, 6) is -1.26. The van der Waals surface area contributed by atoms with Gasteiger partial charge < -0.3 is 9.47 Å². The van der Waals surface area contributed by atoms with Crippen LogP contribution in [0.5, 0.6) is 0 Å². The van der Waals surface area contributed by atoms with Gasteiger partial charge >= 0.3 is 11.9 Å². The molecule has 6 heteroatoms. The molecule has 2 unspecified atom stereocenters. The lowest BCUT2D eigenvalue weighted by Crippen LogP contribution is -2.27. The van der Waals surface area contributed by atoms with Crippen molar-refractivity contribution in [1.82, 2.24) is 0 Å². The first kappa shape index (κ1) is 32.6. The minimum absolute atomic E-state index is 0.628. The van der Waals surface area contributed by atoms with Crippen molar-refractivity contribution in [2.24, 2.45) is 11.5 Å². The third-order valence-electron chi connectivity index (χ3n) is 6.07. The highest BCUT2D eigenvalue weighted by Gasteiger charge is 2.10. The van der Waals surface area contributed by atoms with E-state index in [1.165, 1.54) is 89.9 Å². The summed E-state index contributed by atoms with van der Waals surface area (Å²) in [5.41, 5.74) is 11.7. The first-order chi connectivity index (χ1) is 16.5. The Hall–Kier alpha value is -1.40. The van der Waals surface area contributed by atoms with Crippen LogP contribution in [0.3, 0.4) is 0 Å². The number of ether oxygens (including phenoxy) is 2. The molecule has 0 aliphatic carbocycles. The van der Waals surface area contributed by atoms with E-state index >= 15 is 0 Å². The number of hydrogen-bond acceptors (Lipinski definition) is 6. The molecule has 0 aromatic rings. The predicted octanol–water partition coefficient (Wildman–Crippen LogP) is 7.04. The second-order valence-electron chi connectivity index (χ2n) is 9.52. The third kappa shape index (κ3) is 23.7. The van der Waals surface area contributed by atoms with Gasteiger partial charge in [-0.3, -0.25) is 11.5 Å². The van der Waals surface area contributed by atoms with E-state index in [1.807, 2.05) is 0 Å². The Morgan fingerprint density at radius 2 is 0.794 bits per heavy atom. The molecule has 0 saturated heterocycles. The van der Waals surface area contributed by atoms with Gasteiger partial charge in [-0.25, -0.2) is 9.59 Å². The van der Waals surface area contributed by atoms with Gasteiger partial charge in [0.1, 0.15) is 0 Å². The largest absolute Gasteiger partial charge is 0.444 e. The van der Waals surface area contributed by atoms with Crippen molar-refractivity contribution in [3.8, 4) is 0 Å². The maximum Gasteiger partial charge on any atom is 0.332 e. The lowest BCUT2D eigenvalue weighted by atomic mass is 10.1. The third-order valence-corrected chi connectivity index (χ3v) is 6.07. The number of carbonyl (C=O) groups excluding carboxylic acids is 2. The van der Waals surface area contributed by atoms with Gasteiger partial charge in [-0.2, -0.15) is 0 Å². The SMILES string of the molecule is CCCCCCCCCCCC(N)OC(=O)/C=C\C(=O)OC(N)CCCCCCCCCCC. The van der Waals surface area contributed by atoms with E-state index < -0.39 is 24.4 Å². The molecule has 34 heavy (non-hydrogen) atoms. The van der Waals surface area contributed by atoms with E-state index in [0.717, 1.165) is 37.8 Å². The fourth-order valence-electron chi connectivity index (χ4n) is 3.94. The monoisotopic (exact) mass is 482 g/mol. The van der Waals surface area contributed by atoms with Gasteiger partial charge in [0.15, 0.2) is 12.5 Å². The van der Waals surface area contributed by atoms with Crippen molar-refractivity contribution in [2.75, 3.05) is 0 Å². The van der Waals surface area contributed by atoms with Crippen LogP contribution in [-0.4, -0.2) is 24.4 Å². The zero-order chi connectivity index (χ0) is 25.3. The lowest BCUT2D eigenvalue weighted by Gasteiger charge is -2.12. The molecule has 2 atom stereocenters. The number of nitrogens with two attached hydrogens (primary N) is 2. The number of unbranched alkanes of at least 4 members (excludes halogenated alkanes) is 16. The summed E-state index contributed by atoms with van der Waals surface area (Å²) >= 11 is 0. The fraction of sp³-hybridized carbons (Fsp3) is 0.857. The van der Waals surface area contributed by atoms with E-state index in [9.17, 15) is 9.59 Å². The van der Waals surface area contributed by atoms with Crippen molar-refractivity contribution >= 4 is 11.9 Å². The second-order valence-corrected chi connectivity index (χ2v) is 9.52. The summed E-state index contributed by atoms with van der Waals surface area (Å²) in [7, 11) is 0. The molecular weight excluding hydrogens is 428 g/mol. The van der Waals surface area contributed by atoms with Gasteiger partial charge in [-0.15, -0.1) is 0 Å². The molecule has 0 saturated carbocycles. The molecule has 0 aliphatic rings. The van der Waals surface area contributed by atoms with Crippen molar-refractivity contribution < 1.29 is 19.1 Å². The van der Waals surface area contributed by atoms with Crippen LogP contribution in [0.4, 0.5) is 0 Å². The number of hydrogen-bond donors (Lipinski definition) is 2. The van der Waals surface area contributed by atoms with Crippen LogP contribution in [0.15, 0.2) is 12.2 Å². The van der Waals surface area contributed by atoms with Gasteiger partial charge in [0, 0.05) is 12.2 Å². The zero-order valence-corrected chi connectivity index (χ0v) is 22.2. The normalized spacial score (nSPS) is 13.2. The smallest absolute Gasteiger partial charge is 0.332 e. The lowest BCUT2D eigenvalue weighted by molar-refractivity contribution is -0.146. The average Bonchev–Trinajstić information content (AvgIpc) is 2.80. The summed E-state index contributed by atoms with van der Waals surface area (Å²) in [6.07, 6.45) is 24.2. The maximum atomic E-state index is 11.8. The highest BCUT2D eigenvalue weighted by molar-refractivity contribution is 5.91. The quantitative estimate of drug-likeness (QED) is 0.0661. The molecule has 0 aromatic carbocycles. The molecule has 0 amide bonds. The Kier molecular flexibility index (Phi) is 23.7. The van der Waals surface area contributed by atoms with E-state index in [4.69, 9.17) is 20.9 Å². The number of esters is 2. The summed E-state index contributed by atoms with van der Waals surface area (Å²) in [5, 5.41) is 0. The molecular formula is C28H54N2O4. The van der Waals surface area contributed by atoms with E-state index in [1.54, 1.807) is 0 Å². The van der Waals surface area contributed by atoms with Gasteiger partial charge in [0.05, 0.1) is 0 Å². The summed E-state index contributed by atoms with van der Waals surface area (Å²) in [4.78, 5) is 23.7. The molecule has 0 aromatic heterocycles.